The van der Waals surface area contributed by atoms with Crippen LogP contribution >= 0.6 is 0 Å². The zero-order chi connectivity index (χ0) is 20.4. The molecule has 3 aromatic rings. The molecule has 1 aromatic carbocycles. The predicted molar refractivity (Wildman–Crippen MR) is 118 cm³/mol. The lowest BCUT2D eigenvalue weighted by Crippen LogP contribution is -2.37. The molecule has 4 rings (SSSR count). The van der Waals surface area contributed by atoms with Gasteiger partial charge >= 0.3 is 0 Å². The van der Waals surface area contributed by atoms with E-state index < -0.39 is 0 Å². The Bertz CT molecular complexity index is 952. The molecule has 2 aromatic heterocycles. The van der Waals surface area contributed by atoms with Gasteiger partial charge in [0.25, 0.3) is 0 Å². The third-order valence-corrected chi connectivity index (χ3v) is 5.58. The zero-order valence-electron chi connectivity index (χ0n) is 17.4. The van der Waals surface area contributed by atoms with E-state index in [4.69, 9.17) is 15.1 Å². The lowest BCUT2D eigenvalue weighted by molar-refractivity contribution is 0.392. The molecule has 0 spiro atoms. The smallest absolute Gasteiger partial charge is 0.229 e. The highest BCUT2D eigenvalue weighted by Crippen LogP contribution is 2.30. The first-order valence-corrected chi connectivity index (χ1v) is 10.3. The summed E-state index contributed by atoms with van der Waals surface area (Å²) >= 11 is 0. The maximum absolute atomic E-state index is 6.18. The Balaban J connectivity index is 1.57. The average Bonchev–Trinajstić information content (AvgIpc) is 3.17. The Hall–Kier alpha value is -2.64. The van der Waals surface area contributed by atoms with Crippen LogP contribution in [0.3, 0.4) is 0 Å². The largest absolute Gasteiger partial charge is 0.459 e. The third kappa shape index (κ3) is 4.36. The first kappa shape index (κ1) is 19.7. The minimum absolute atomic E-state index is 0.364. The number of nitrogens with one attached hydrogen (secondary N) is 2. The Morgan fingerprint density at radius 3 is 2.52 bits per heavy atom. The van der Waals surface area contributed by atoms with Crippen LogP contribution in [-0.4, -0.2) is 36.6 Å². The van der Waals surface area contributed by atoms with Crippen molar-refractivity contribution in [1.82, 2.24) is 15.3 Å². The molecule has 1 aliphatic rings. The van der Waals surface area contributed by atoms with Gasteiger partial charge in [0.15, 0.2) is 11.4 Å². The third-order valence-electron chi connectivity index (χ3n) is 5.58. The van der Waals surface area contributed by atoms with Crippen molar-refractivity contribution < 1.29 is 4.42 Å². The molecule has 4 N–H and O–H groups in total. The van der Waals surface area contributed by atoms with Gasteiger partial charge in [-0.1, -0.05) is 12.1 Å². The second-order valence-corrected chi connectivity index (χ2v) is 8.42. The topological polar surface area (TPSA) is 92.2 Å². The van der Waals surface area contributed by atoms with Gasteiger partial charge in [-0.05, 0) is 63.9 Å². The number of benzene rings is 1. The maximum Gasteiger partial charge on any atom is 0.229 e. The molecule has 7 heteroatoms. The molecule has 0 atom stereocenters. The van der Waals surface area contributed by atoms with Crippen LogP contribution in [0.2, 0.25) is 0 Å². The molecule has 0 bridgehead atoms. The number of hydrogen-bond donors (Lipinski definition) is 3. The fourth-order valence-electron chi connectivity index (χ4n) is 3.87. The number of nitrogens with two attached hydrogens (primary N) is 1. The lowest BCUT2D eigenvalue weighted by atomic mass is 9.96. The van der Waals surface area contributed by atoms with Crippen LogP contribution in [0.25, 0.3) is 11.1 Å². The van der Waals surface area contributed by atoms with E-state index in [0.717, 1.165) is 60.6 Å². The molecule has 29 heavy (non-hydrogen) atoms. The highest BCUT2D eigenvalue weighted by atomic mass is 16.3. The second-order valence-electron chi connectivity index (χ2n) is 8.42. The quantitative estimate of drug-likeness (QED) is 0.588. The normalized spacial score (nSPS) is 15.8. The summed E-state index contributed by atoms with van der Waals surface area (Å²) in [6.45, 7) is 7.00. The molecular weight excluding hydrogens is 364 g/mol. The number of rotatable bonds is 6. The summed E-state index contributed by atoms with van der Waals surface area (Å²) in [6.07, 6.45) is 3.97. The van der Waals surface area contributed by atoms with Crippen LogP contribution < -0.4 is 21.3 Å². The van der Waals surface area contributed by atoms with Crippen LogP contribution in [0.4, 0.5) is 17.5 Å². The minimum atomic E-state index is -0.364. The molecule has 1 saturated heterocycles. The molecular formula is C22H30N6O. The molecule has 0 amide bonds. The summed E-state index contributed by atoms with van der Waals surface area (Å²) in [5.41, 5.74) is 9.39. The number of aromatic nitrogens is 2. The highest BCUT2D eigenvalue weighted by Gasteiger charge is 2.23. The predicted octanol–water partition coefficient (Wildman–Crippen LogP) is 3.60. The Labute approximate surface area is 171 Å². The average molecular weight is 395 g/mol. The van der Waals surface area contributed by atoms with Gasteiger partial charge in [0, 0.05) is 30.4 Å². The molecule has 3 heterocycles. The first-order chi connectivity index (χ1) is 13.9. The maximum atomic E-state index is 6.18. The summed E-state index contributed by atoms with van der Waals surface area (Å²) in [5, 5.41) is 6.62. The van der Waals surface area contributed by atoms with Gasteiger partial charge in [-0.3, -0.25) is 0 Å². The van der Waals surface area contributed by atoms with Crippen molar-refractivity contribution in [2.45, 2.75) is 32.2 Å². The number of fused-ring (bicyclic) bond motifs is 1. The van der Waals surface area contributed by atoms with E-state index in [0.29, 0.717) is 11.9 Å². The van der Waals surface area contributed by atoms with Crippen LogP contribution in [-0.2, 0) is 5.54 Å². The van der Waals surface area contributed by atoms with E-state index in [1.807, 2.05) is 51.2 Å². The van der Waals surface area contributed by atoms with Gasteiger partial charge in [0.2, 0.25) is 5.95 Å². The van der Waals surface area contributed by atoms with Crippen molar-refractivity contribution in [3.8, 4) is 0 Å². The van der Waals surface area contributed by atoms with E-state index >= 15 is 0 Å². The summed E-state index contributed by atoms with van der Waals surface area (Å²) in [4.78, 5) is 11.7. The minimum Gasteiger partial charge on any atom is -0.459 e. The number of piperidine rings is 1. The van der Waals surface area contributed by atoms with Crippen molar-refractivity contribution in [3.05, 3.63) is 42.2 Å². The van der Waals surface area contributed by atoms with Crippen molar-refractivity contribution in [3.63, 3.8) is 0 Å². The van der Waals surface area contributed by atoms with Crippen molar-refractivity contribution in [1.29, 1.82) is 0 Å². The van der Waals surface area contributed by atoms with Crippen molar-refractivity contribution >= 4 is 28.6 Å². The fourth-order valence-corrected chi connectivity index (χ4v) is 3.87. The molecule has 1 fully saturated rings. The van der Waals surface area contributed by atoms with E-state index in [2.05, 4.69) is 20.5 Å². The van der Waals surface area contributed by atoms with Crippen LogP contribution in [0, 0.1) is 5.92 Å². The highest BCUT2D eigenvalue weighted by molar-refractivity contribution is 5.85. The van der Waals surface area contributed by atoms with Crippen molar-refractivity contribution in [2.24, 2.45) is 11.7 Å². The summed E-state index contributed by atoms with van der Waals surface area (Å²) in [7, 11) is 2.02. The van der Waals surface area contributed by atoms with Gasteiger partial charge in [-0.2, -0.15) is 4.98 Å². The second kappa shape index (κ2) is 8.00. The van der Waals surface area contributed by atoms with E-state index in [9.17, 15) is 0 Å². The molecule has 0 saturated carbocycles. The summed E-state index contributed by atoms with van der Waals surface area (Å²) in [5.74, 6) is 2.16. The van der Waals surface area contributed by atoms with Crippen LogP contribution in [0.15, 0.2) is 41.0 Å². The zero-order valence-corrected chi connectivity index (χ0v) is 17.4. The standard InChI is InChI=1S/C22H30N6O/c1-22(2,23)16-4-6-17(7-5-16)25-21-26-18-10-13-29-19(18)20(27-21)28-11-8-15(9-12-28)14-24-3/h4-7,10,13,15,24H,8-9,11-12,14,23H2,1-3H3,(H,25,26,27). The number of hydrogen-bond acceptors (Lipinski definition) is 7. The molecule has 0 unspecified atom stereocenters. The van der Waals surface area contributed by atoms with Gasteiger partial charge in [-0.15, -0.1) is 0 Å². The van der Waals surface area contributed by atoms with Gasteiger partial charge < -0.3 is 25.7 Å². The Kier molecular flexibility index (Phi) is 5.43. The fraction of sp³-hybridized carbons (Fsp3) is 0.455. The molecule has 0 aliphatic carbocycles. The number of furan rings is 1. The molecule has 1 aliphatic heterocycles. The Morgan fingerprint density at radius 1 is 1.14 bits per heavy atom. The summed E-state index contributed by atoms with van der Waals surface area (Å²) in [6, 6.07) is 9.98. The monoisotopic (exact) mass is 394 g/mol. The molecule has 154 valence electrons. The Morgan fingerprint density at radius 2 is 1.86 bits per heavy atom. The molecule has 7 nitrogen and oxygen atoms in total. The van der Waals surface area contributed by atoms with Gasteiger partial charge in [0.1, 0.15) is 5.52 Å². The summed E-state index contributed by atoms with van der Waals surface area (Å²) < 4.78 is 5.71. The SMILES string of the molecule is CNCC1CCN(c2nc(Nc3ccc(C(C)(C)N)cc3)nc3ccoc23)CC1. The van der Waals surface area contributed by atoms with Crippen LogP contribution in [0.5, 0.6) is 0 Å². The van der Waals surface area contributed by atoms with Gasteiger partial charge in [0.05, 0.1) is 6.26 Å². The number of anilines is 3. The van der Waals surface area contributed by atoms with E-state index in [-0.39, 0.29) is 5.54 Å². The van der Waals surface area contributed by atoms with Gasteiger partial charge in [-0.25, -0.2) is 4.98 Å². The first-order valence-electron chi connectivity index (χ1n) is 10.3. The number of nitrogens with zero attached hydrogens (tertiary/aromatic N) is 3. The molecule has 0 radical (unpaired) electrons. The lowest BCUT2D eigenvalue weighted by Gasteiger charge is -2.32. The van der Waals surface area contributed by atoms with E-state index in [1.54, 1.807) is 6.26 Å². The van der Waals surface area contributed by atoms with Crippen molar-refractivity contribution in [2.75, 3.05) is 36.9 Å². The van der Waals surface area contributed by atoms with E-state index in [1.165, 1.54) is 0 Å². The van der Waals surface area contributed by atoms with Crippen LogP contribution in [0.1, 0.15) is 32.3 Å².